The average molecular weight is 296 g/mol. The molecule has 0 unspecified atom stereocenters. The standard InChI is InChI=1S/C13H14BrNO2/c1-8(2)11(7-14)15-12(16)9-5-3-4-6-10(9)13(15)17/h3-6,8,11H,7H2,1-2H3/t11-/m1/s1. The lowest BCUT2D eigenvalue weighted by molar-refractivity contribution is 0.0564. The summed E-state index contributed by atoms with van der Waals surface area (Å²) in [5, 5.41) is 0.607. The first-order valence-electron chi connectivity index (χ1n) is 5.60. The van der Waals surface area contributed by atoms with Gasteiger partial charge in [-0.2, -0.15) is 0 Å². The zero-order valence-electron chi connectivity index (χ0n) is 9.81. The number of halogens is 1. The lowest BCUT2D eigenvalue weighted by atomic mass is 10.1. The highest BCUT2D eigenvalue weighted by atomic mass is 79.9. The van der Waals surface area contributed by atoms with Crippen molar-refractivity contribution in [3.8, 4) is 0 Å². The summed E-state index contributed by atoms with van der Waals surface area (Å²) in [6, 6.07) is 6.89. The Bertz CT molecular complexity index is 435. The van der Waals surface area contributed by atoms with Crippen molar-refractivity contribution in [3.05, 3.63) is 35.4 Å². The number of hydrogen-bond donors (Lipinski definition) is 0. The topological polar surface area (TPSA) is 37.4 Å². The summed E-state index contributed by atoms with van der Waals surface area (Å²) in [4.78, 5) is 25.8. The second-order valence-corrected chi connectivity index (χ2v) is 5.14. The highest BCUT2D eigenvalue weighted by Crippen LogP contribution is 2.27. The van der Waals surface area contributed by atoms with Crippen LogP contribution in [0.5, 0.6) is 0 Å². The normalized spacial score (nSPS) is 16.6. The molecule has 3 nitrogen and oxygen atoms in total. The Morgan fingerprint density at radius 1 is 1.12 bits per heavy atom. The van der Waals surface area contributed by atoms with Gasteiger partial charge in [0.1, 0.15) is 0 Å². The molecule has 0 N–H and O–H groups in total. The maximum absolute atomic E-state index is 12.2. The number of fused-ring (bicyclic) bond motifs is 1. The maximum Gasteiger partial charge on any atom is 0.261 e. The van der Waals surface area contributed by atoms with Gasteiger partial charge in [0.2, 0.25) is 0 Å². The van der Waals surface area contributed by atoms with Gasteiger partial charge in [0, 0.05) is 5.33 Å². The molecule has 0 fully saturated rings. The van der Waals surface area contributed by atoms with Crippen LogP contribution >= 0.6 is 15.9 Å². The van der Waals surface area contributed by atoms with Gasteiger partial charge in [0.25, 0.3) is 11.8 Å². The first-order chi connectivity index (χ1) is 8.07. The Morgan fingerprint density at radius 3 is 1.94 bits per heavy atom. The SMILES string of the molecule is CC(C)[C@@H](CBr)N1C(=O)c2ccccc2C1=O. The molecule has 2 rings (SSSR count). The molecule has 0 spiro atoms. The Hall–Kier alpha value is -1.16. The molecule has 4 heteroatoms. The van der Waals surface area contributed by atoms with Crippen LogP contribution < -0.4 is 0 Å². The molecule has 0 radical (unpaired) electrons. The molecule has 0 saturated heterocycles. The van der Waals surface area contributed by atoms with Gasteiger partial charge in [-0.25, -0.2) is 0 Å². The molecule has 0 aromatic heterocycles. The molecule has 1 heterocycles. The first-order valence-corrected chi connectivity index (χ1v) is 6.73. The number of hydrogen-bond acceptors (Lipinski definition) is 2. The third-order valence-corrected chi connectivity index (χ3v) is 3.75. The molecular formula is C13H14BrNO2. The number of benzene rings is 1. The summed E-state index contributed by atoms with van der Waals surface area (Å²) in [5.41, 5.74) is 1.04. The Morgan fingerprint density at radius 2 is 1.59 bits per heavy atom. The van der Waals surface area contributed by atoms with Gasteiger partial charge >= 0.3 is 0 Å². The van der Waals surface area contributed by atoms with Crippen LogP contribution in [-0.2, 0) is 0 Å². The van der Waals surface area contributed by atoms with E-state index in [0.29, 0.717) is 16.5 Å². The average Bonchev–Trinajstić information content (AvgIpc) is 2.56. The fourth-order valence-corrected chi connectivity index (χ4v) is 3.09. The van der Waals surface area contributed by atoms with Crippen molar-refractivity contribution in [2.45, 2.75) is 19.9 Å². The Labute approximate surface area is 109 Å². The van der Waals surface area contributed by atoms with Crippen LogP contribution in [0.25, 0.3) is 0 Å². The largest absolute Gasteiger partial charge is 0.270 e. The molecule has 1 aliphatic heterocycles. The van der Waals surface area contributed by atoms with Crippen molar-refractivity contribution in [1.82, 2.24) is 4.90 Å². The maximum atomic E-state index is 12.2. The molecule has 0 bridgehead atoms. The van der Waals surface area contributed by atoms with Crippen LogP contribution in [0.1, 0.15) is 34.6 Å². The quantitative estimate of drug-likeness (QED) is 0.635. The van der Waals surface area contributed by atoms with Crippen LogP contribution in [0.2, 0.25) is 0 Å². The molecule has 0 aliphatic carbocycles. The number of nitrogens with zero attached hydrogens (tertiary/aromatic N) is 1. The Balaban J connectivity index is 2.42. The third kappa shape index (κ3) is 1.90. The summed E-state index contributed by atoms with van der Waals surface area (Å²) in [5.74, 6) is -0.121. The summed E-state index contributed by atoms with van der Waals surface area (Å²) in [6.07, 6.45) is 0. The van der Waals surface area contributed by atoms with Crippen LogP contribution in [0.15, 0.2) is 24.3 Å². The van der Waals surface area contributed by atoms with Gasteiger partial charge in [0.05, 0.1) is 17.2 Å². The number of carbonyl (C=O) groups is 2. The molecule has 0 saturated carbocycles. The van der Waals surface area contributed by atoms with E-state index in [1.807, 2.05) is 13.8 Å². The van der Waals surface area contributed by atoms with Gasteiger partial charge < -0.3 is 0 Å². The summed E-state index contributed by atoms with van der Waals surface area (Å²) in [6.45, 7) is 4.02. The number of carbonyl (C=O) groups excluding carboxylic acids is 2. The second kappa shape index (κ2) is 4.61. The molecule has 1 aliphatic rings. The fraction of sp³-hybridized carbons (Fsp3) is 0.385. The first kappa shape index (κ1) is 12.3. The number of alkyl halides is 1. The second-order valence-electron chi connectivity index (χ2n) is 4.49. The van der Waals surface area contributed by atoms with Crippen molar-refractivity contribution in [1.29, 1.82) is 0 Å². The summed E-state index contributed by atoms with van der Waals surface area (Å²) in [7, 11) is 0. The zero-order chi connectivity index (χ0) is 12.6. The van der Waals surface area contributed by atoms with Crippen molar-refractivity contribution >= 4 is 27.7 Å². The number of imide groups is 1. The van der Waals surface area contributed by atoms with E-state index in [4.69, 9.17) is 0 Å². The van der Waals surface area contributed by atoms with E-state index in [-0.39, 0.29) is 23.8 Å². The minimum Gasteiger partial charge on any atom is -0.270 e. The number of rotatable bonds is 3. The minimum atomic E-state index is -0.177. The smallest absolute Gasteiger partial charge is 0.261 e. The van der Waals surface area contributed by atoms with Gasteiger partial charge in [0.15, 0.2) is 0 Å². The van der Waals surface area contributed by atoms with E-state index in [2.05, 4.69) is 15.9 Å². The van der Waals surface area contributed by atoms with Gasteiger partial charge in [-0.15, -0.1) is 0 Å². The van der Waals surface area contributed by atoms with Gasteiger partial charge in [-0.05, 0) is 18.1 Å². The van der Waals surface area contributed by atoms with Crippen molar-refractivity contribution in [3.63, 3.8) is 0 Å². The van der Waals surface area contributed by atoms with Gasteiger partial charge in [-0.1, -0.05) is 41.9 Å². The molecular weight excluding hydrogens is 282 g/mol. The fourth-order valence-electron chi connectivity index (χ4n) is 2.05. The van der Waals surface area contributed by atoms with E-state index >= 15 is 0 Å². The number of amides is 2. The van der Waals surface area contributed by atoms with E-state index in [0.717, 1.165) is 0 Å². The third-order valence-electron chi connectivity index (χ3n) is 3.08. The zero-order valence-corrected chi connectivity index (χ0v) is 11.4. The molecule has 1 aromatic rings. The lowest BCUT2D eigenvalue weighted by Gasteiger charge is -2.27. The highest BCUT2D eigenvalue weighted by molar-refractivity contribution is 9.09. The van der Waals surface area contributed by atoms with Crippen molar-refractivity contribution in [2.24, 2.45) is 5.92 Å². The van der Waals surface area contributed by atoms with E-state index < -0.39 is 0 Å². The van der Waals surface area contributed by atoms with E-state index in [1.54, 1.807) is 24.3 Å². The molecule has 1 atom stereocenters. The summed E-state index contributed by atoms with van der Waals surface area (Å²) >= 11 is 3.38. The summed E-state index contributed by atoms with van der Waals surface area (Å²) < 4.78 is 0. The lowest BCUT2D eigenvalue weighted by Crippen LogP contribution is -2.44. The molecule has 90 valence electrons. The van der Waals surface area contributed by atoms with Gasteiger partial charge in [-0.3, -0.25) is 14.5 Å². The molecule has 17 heavy (non-hydrogen) atoms. The van der Waals surface area contributed by atoms with Crippen LogP contribution in [0.3, 0.4) is 0 Å². The van der Waals surface area contributed by atoms with E-state index in [9.17, 15) is 9.59 Å². The van der Waals surface area contributed by atoms with Crippen molar-refractivity contribution < 1.29 is 9.59 Å². The van der Waals surface area contributed by atoms with Crippen LogP contribution in [0.4, 0.5) is 0 Å². The van der Waals surface area contributed by atoms with Crippen LogP contribution in [-0.4, -0.2) is 28.1 Å². The Kier molecular flexibility index (Phi) is 3.33. The van der Waals surface area contributed by atoms with E-state index in [1.165, 1.54) is 4.90 Å². The van der Waals surface area contributed by atoms with Crippen LogP contribution in [0, 0.1) is 5.92 Å². The predicted octanol–water partition coefficient (Wildman–Crippen LogP) is 2.70. The highest BCUT2D eigenvalue weighted by Gasteiger charge is 2.40. The monoisotopic (exact) mass is 295 g/mol. The minimum absolute atomic E-state index is 0.0950. The van der Waals surface area contributed by atoms with Crippen molar-refractivity contribution in [2.75, 3.05) is 5.33 Å². The molecule has 2 amide bonds. The predicted molar refractivity (Wildman–Crippen MR) is 69.4 cm³/mol. The molecule has 1 aromatic carbocycles.